The van der Waals surface area contributed by atoms with Gasteiger partial charge in [0, 0.05) is 11.1 Å². The molecule has 0 spiro atoms. The van der Waals surface area contributed by atoms with Gasteiger partial charge in [-0.05, 0) is 50.6 Å². The lowest BCUT2D eigenvalue weighted by Gasteiger charge is -2.24. The molecular formula is C22H19ClN2O4S. The van der Waals surface area contributed by atoms with Crippen molar-refractivity contribution in [2.45, 2.75) is 26.8 Å². The Balaban J connectivity index is 1.96. The second-order valence-electron chi connectivity index (χ2n) is 6.80. The third-order valence-electron chi connectivity index (χ3n) is 4.74. The molecule has 0 amide bonds. The van der Waals surface area contributed by atoms with Crippen molar-refractivity contribution in [2.24, 2.45) is 4.99 Å². The summed E-state index contributed by atoms with van der Waals surface area (Å²) in [7, 11) is 0. The van der Waals surface area contributed by atoms with Crippen LogP contribution in [0.5, 0.6) is 0 Å². The molecule has 1 atom stereocenters. The number of furan rings is 1. The van der Waals surface area contributed by atoms with Gasteiger partial charge in [0.1, 0.15) is 11.5 Å². The maximum Gasteiger partial charge on any atom is 0.338 e. The minimum absolute atomic E-state index is 0.227. The van der Waals surface area contributed by atoms with E-state index in [1.807, 2.05) is 13.0 Å². The van der Waals surface area contributed by atoms with Gasteiger partial charge in [-0.2, -0.15) is 0 Å². The van der Waals surface area contributed by atoms with E-state index in [1.165, 1.54) is 15.9 Å². The molecule has 0 unspecified atom stereocenters. The Kier molecular flexibility index (Phi) is 5.49. The summed E-state index contributed by atoms with van der Waals surface area (Å²) in [6.45, 7) is 5.56. The highest BCUT2D eigenvalue weighted by molar-refractivity contribution is 7.07. The third-order valence-corrected chi connectivity index (χ3v) is 5.97. The number of thiazole rings is 1. The van der Waals surface area contributed by atoms with Gasteiger partial charge in [-0.15, -0.1) is 0 Å². The largest absolute Gasteiger partial charge is 0.463 e. The van der Waals surface area contributed by atoms with Crippen LogP contribution in [0.3, 0.4) is 0 Å². The Morgan fingerprint density at radius 2 is 2.00 bits per heavy atom. The molecule has 3 aromatic rings. The van der Waals surface area contributed by atoms with E-state index in [0.717, 1.165) is 11.3 Å². The quantitative estimate of drug-likeness (QED) is 0.581. The summed E-state index contributed by atoms with van der Waals surface area (Å²) in [5.41, 5.74) is 1.36. The molecule has 0 saturated carbocycles. The average molecular weight is 443 g/mol. The van der Waals surface area contributed by atoms with Crippen LogP contribution < -0.4 is 14.9 Å². The number of fused-ring (bicyclic) bond motifs is 1. The second kappa shape index (κ2) is 8.08. The van der Waals surface area contributed by atoms with E-state index in [1.54, 1.807) is 50.3 Å². The molecule has 0 aliphatic carbocycles. The number of carbonyl (C=O) groups excluding carboxylic acids is 1. The Hall–Kier alpha value is -2.90. The number of esters is 1. The van der Waals surface area contributed by atoms with E-state index >= 15 is 0 Å². The first kappa shape index (κ1) is 20.4. The molecule has 4 rings (SSSR count). The summed E-state index contributed by atoms with van der Waals surface area (Å²) >= 11 is 7.31. The number of halogens is 1. The Morgan fingerprint density at radius 1 is 1.27 bits per heavy atom. The number of hydrogen-bond acceptors (Lipinski definition) is 6. The molecule has 1 aliphatic heterocycles. The summed E-state index contributed by atoms with van der Waals surface area (Å²) in [5, 5.41) is 0.567. The monoisotopic (exact) mass is 442 g/mol. The van der Waals surface area contributed by atoms with E-state index in [-0.39, 0.29) is 12.2 Å². The highest BCUT2D eigenvalue weighted by atomic mass is 35.5. The number of allylic oxidation sites excluding steroid dienone is 1. The van der Waals surface area contributed by atoms with Crippen LogP contribution in [0.2, 0.25) is 5.02 Å². The number of benzene rings is 1. The van der Waals surface area contributed by atoms with E-state index in [9.17, 15) is 9.59 Å². The molecule has 0 radical (unpaired) electrons. The summed E-state index contributed by atoms with van der Waals surface area (Å²) < 4.78 is 12.9. The predicted molar refractivity (Wildman–Crippen MR) is 115 cm³/mol. The van der Waals surface area contributed by atoms with E-state index in [0.29, 0.717) is 31.4 Å². The van der Waals surface area contributed by atoms with Crippen LogP contribution in [0, 0.1) is 6.92 Å². The molecule has 8 heteroatoms. The molecule has 30 heavy (non-hydrogen) atoms. The van der Waals surface area contributed by atoms with Crippen molar-refractivity contribution in [3.05, 3.63) is 89.5 Å². The maximum atomic E-state index is 13.3. The molecule has 6 nitrogen and oxygen atoms in total. The number of nitrogens with zero attached hydrogens (tertiary/aromatic N) is 2. The first-order valence-corrected chi connectivity index (χ1v) is 10.6. The highest BCUT2D eigenvalue weighted by Gasteiger charge is 2.33. The zero-order valence-corrected chi connectivity index (χ0v) is 18.2. The second-order valence-corrected chi connectivity index (χ2v) is 8.25. The van der Waals surface area contributed by atoms with Gasteiger partial charge in [0.05, 0.1) is 28.5 Å². The SMILES string of the molecule is CCOC(=O)C1=C(C)N=c2sc(=Cc3ccc(C)o3)c(=O)n2[C@H]1c1ccc(Cl)cc1. The molecule has 0 bridgehead atoms. The van der Waals surface area contributed by atoms with Crippen molar-refractivity contribution < 1.29 is 13.9 Å². The van der Waals surface area contributed by atoms with Crippen LogP contribution in [-0.2, 0) is 9.53 Å². The molecular weight excluding hydrogens is 424 g/mol. The van der Waals surface area contributed by atoms with Gasteiger partial charge in [0.25, 0.3) is 5.56 Å². The van der Waals surface area contributed by atoms with Crippen molar-refractivity contribution >= 4 is 35.0 Å². The Labute approximate surface area is 181 Å². The van der Waals surface area contributed by atoms with E-state index in [4.69, 9.17) is 20.8 Å². The molecule has 2 aromatic heterocycles. The van der Waals surface area contributed by atoms with Crippen LogP contribution in [0.1, 0.15) is 37.0 Å². The van der Waals surface area contributed by atoms with Crippen molar-refractivity contribution in [2.75, 3.05) is 6.61 Å². The molecule has 154 valence electrons. The van der Waals surface area contributed by atoms with Gasteiger partial charge < -0.3 is 9.15 Å². The Morgan fingerprint density at radius 3 is 2.63 bits per heavy atom. The molecule has 0 fully saturated rings. The maximum absolute atomic E-state index is 13.3. The van der Waals surface area contributed by atoms with E-state index in [2.05, 4.69) is 4.99 Å². The number of ether oxygens (including phenoxy) is 1. The lowest BCUT2D eigenvalue weighted by molar-refractivity contribution is -0.139. The lowest BCUT2D eigenvalue weighted by Crippen LogP contribution is -2.39. The van der Waals surface area contributed by atoms with Gasteiger partial charge in [-0.3, -0.25) is 9.36 Å². The standard InChI is InChI=1S/C22H19ClN2O4S/c1-4-28-21(27)18-13(3)24-22-25(19(18)14-6-8-15(23)9-7-14)20(26)17(30-22)11-16-10-5-12(2)29-16/h5-11,19H,4H2,1-3H3/t19-/m0/s1. The van der Waals surface area contributed by atoms with Gasteiger partial charge in [-0.1, -0.05) is 35.1 Å². The van der Waals surface area contributed by atoms with Gasteiger partial charge in [0.15, 0.2) is 4.80 Å². The van der Waals surface area contributed by atoms with Crippen LogP contribution >= 0.6 is 22.9 Å². The topological polar surface area (TPSA) is 73.8 Å². The number of aryl methyl sites for hydroxylation is 1. The third kappa shape index (κ3) is 3.66. The van der Waals surface area contributed by atoms with Gasteiger partial charge in [0.2, 0.25) is 0 Å². The van der Waals surface area contributed by atoms with Crippen molar-refractivity contribution in [3.8, 4) is 0 Å². The smallest absolute Gasteiger partial charge is 0.338 e. The predicted octanol–water partition coefficient (Wildman–Crippen LogP) is 3.35. The van der Waals surface area contributed by atoms with Crippen molar-refractivity contribution in [3.63, 3.8) is 0 Å². The van der Waals surface area contributed by atoms with Crippen molar-refractivity contribution in [1.82, 2.24) is 4.57 Å². The number of rotatable bonds is 4. The fraction of sp³-hybridized carbons (Fsp3) is 0.227. The summed E-state index contributed by atoms with van der Waals surface area (Å²) in [4.78, 5) is 31.2. The molecule has 1 aromatic carbocycles. The first-order valence-electron chi connectivity index (χ1n) is 9.40. The van der Waals surface area contributed by atoms with Crippen LogP contribution in [0.15, 0.2) is 61.9 Å². The Bertz CT molecular complexity index is 1330. The first-order chi connectivity index (χ1) is 14.4. The number of carbonyl (C=O) groups is 1. The molecule has 3 heterocycles. The van der Waals surface area contributed by atoms with Crippen LogP contribution in [0.25, 0.3) is 6.08 Å². The van der Waals surface area contributed by atoms with Gasteiger partial charge in [-0.25, -0.2) is 9.79 Å². The number of aromatic nitrogens is 1. The molecule has 0 saturated heterocycles. The minimum Gasteiger partial charge on any atom is -0.463 e. The van der Waals surface area contributed by atoms with E-state index < -0.39 is 12.0 Å². The lowest BCUT2D eigenvalue weighted by atomic mass is 9.96. The summed E-state index contributed by atoms with van der Waals surface area (Å²) in [6.07, 6.45) is 1.69. The number of hydrogen-bond donors (Lipinski definition) is 0. The minimum atomic E-state index is -0.655. The highest BCUT2D eigenvalue weighted by Crippen LogP contribution is 2.31. The van der Waals surface area contributed by atoms with Crippen LogP contribution in [-0.4, -0.2) is 17.1 Å². The molecule has 0 N–H and O–H groups in total. The van der Waals surface area contributed by atoms with Crippen LogP contribution in [0.4, 0.5) is 0 Å². The average Bonchev–Trinajstić information content (AvgIpc) is 3.24. The molecule has 1 aliphatic rings. The zero-order valence-electron chi connectivity index (χ0n) is 16.6. The summed E-state index contributed by atoms with van der Waals surface area (Å²) in [5.74, 6) is 0.852. The van der Waals surface area contributed by atoms with Gasteiger partial charge >= 0.3 is 5.97 Å². The normalized spacial score (nSPS) is 16.4. The van der Waals surface area contributed by atoms with Crippen molar-refractivity contribution in [1.29, 1.82) is 0 Å². The zero-order chi connectivity index (χ0) is 21.4. The summed E-state index contributed by atoms with van der Waals surface area (Å²) in [6, 6.07) is 10.1. The fourth-order valence-corrected chi connectivity index (χ4v) is 4.56. The fourth-order valence-electron chi connectivity index (χ4n) is 3.41.